The standard InChI is InChI=1S/C23H21ClN2O/c1-16-17(2)26(14-18-6-4-3-5-7-18)23-21(16)12-25-13-22(23)27-15-19-8-10-20(24)11-9-19/h3-13H,14-15H2,1-2H3. The van der Waals surface area contributed by atoms with Gasteiger partial charge in [-0.1, -0.05) is 54.1 Å². The predicted octanol–water partition coefficient (Wildman–Crippen LogP) is 5.93. The zero-order valence-electron chi connectivity index (χ0n) is 15.4. The normalized spacial score (nSPS) is 11.1. The van der Waals surface area contributed by atoms with Gasteiger partial charge in [-0.15, -0.1) is 0 Å². The largest absolute Gasteiger partial charge is 0.485 e. The molecule has 0 saturated heterocycles. The van der Waals surface area contributed by atoms with Crippen LogP contribution < -0.4 is 4.74 Å². The first-order valence-corrected chi connectivity index (χ1v) is 9.36. The van der Waals surface area contributed by atoms with Crippen molar-refractivity contribution in [2.75, 3.05) is 0 Å². The summed E-state index contributed by atoms with van der Waals surface area (Å²) in [6.45, 7) is 5.58. The molecule has 0 N–H and O–H groups in total. The summed E-state index contributed by atoms with van der Waals surface area (Å²) < 4.78 is 8.48. The fourth-order valence-corrected chi connectivity index (χ4v) is 3.49. The van der Waals surface area contributed by atoms with Crippen molar-refractivity contribution < 1.29 is 4.74 Å². The van der Waals surface area contributed by atoms with E-state index in [4.69, 9.17) is 16.3 Å². The highest BCUT2D eigenvalue weighted by molar-refractivity contribution is 6.30. The number of nitrogens with zero attached hydrogens (tertiary/aromatic N) is 2. The molecule has 0 unspecified atom stereocenters. The molecule has 0 bridgehead atoms. The fraction of sp³-hybridized carbons (Fsp3) is 0.174. The van der Waals surface area contributed by atoms with E-state index in [0.717, 1.165) is 33.8 Å². The Hall–Kier alpha value is -2.78. The Labute approximate surface area is 164 Å². The van der Waals surface area contributed by atoms with Gasteiger partial charge in [-0.25, -0.2) is 0 Å². The number of ether oxygens (including phenoxy) is 1. The summed E-state index contributed by atoms with van der Waals surface area (Å²) in [5.74, 6) is 0.801. The maximum atomic E-state index is 6.17. The molecule has 4 heteroatoms. The van der Waals surface area contributed by atoms with Gasteiger partial charge in [-0.3, -0.25) is 4.98 Å². The number of hydrogen-bond donors (Lipinski definition) is 0. The number of aryl methyl sites for hydroxylation is 1. The number of rotatable bonds is 5. The average Bonchev–Trinajstić information content (AvgIpc) is 2.94. The first-order valence-electron chi connectivity index (χ1n) is 8.98. The average molecular weight is 377 g/mol. The maximum absolute atomic E-state index is 6.17. The number of benzene rings is 2. The Bertz CT molecular complexity index is 1070. The van der Waals surface area contributed by atoms with Crippen LogP contribution in [0.15, 0.2) is 67.0 Å². The van der Waals surface area contributed by atoms with Crippen LogP contribution in [0.1, 0.15) is 22.4 Å². The van der Waals surface area contributed by atoms with Crippen LogP contribution in [0.4, 0.5) is 0 Å². The highest BCUT2D eigenvalue weighted by Gasteiger charge is 2.16. The molecule has 3 nitrogen and oxygen atoms in total. The van der Waals surface area contributed by atoms with Gasteiger partial charge in [0.05, 0.1) is 11.7 Å². The summed E-state index contributed by atoms with van der Waals surface area (Å²) in [5.41, 5.74) is 5.91. The molecule has 0 aliphatic rings. The van der Waals surface area contributed by atoms with Crippen molar-refractivity contribution >= 4 is 22.5 Å². The number of hydrogen-bond acceptors (Lipinski definition) is 2. The molecule has 4 aromatic rings. The molecule has 27 heavy (non-hydrogen) atoms. The van der Waals surface area contributed by atoms with E-state index < -0.39 is 0 Å². The van der Waals surface area contributed by atoms with Gasteiger partial charge in [0.1, 0.15) is 6.61 Å². The lowest BCUT2D eigenvalue weighted by atomic mass is 10.2. The maximum Gasteiger partial charge on any atom is 0.162 e. The predicted molar refractivity (Wildman–Crippen MR) is 111 cm³/mol. The number of aromatic nitrogens is 2. The highest BCUT2D eigenvalue weighted by atomic mass is 35.5. The van der Waals surface area contributed by atoms with Gasteiger partial charge in [0.2, 0.25) is 0 Å². The summed E-state index contributed by atoms with van der Waals surface area (Å²) in [6, 6.07) is 18.2. The quantitative estimate of drug-likeness (QED) is 0.431. The van der Waals surface area contributed by atoms with Gasteiger partial charge in [0.25, 0.3) is 0 Å². The fourth-order valence-electron chi connectivity index (χ4n) is 3.36. The Morgan fingerprint density at radius 3 is 2.41 bits per heavy atom. The number of fused-ring (bicyclic) bond motifs is 1. The molecule has 4 rings (SSSR count). The van der Waals surface area contributed by atoms with E-state index in [0.29, 0.717) is 6.61 Å². The van der Waals surface area contributed by atoms with E-state index in [-0.39, 0.29) is 0 Å². The van der Waals surface area contributed by atoms with Crippen LogP contribution in [-0.2, 0) is 13.2 Å². The second-order valence-electron chi connectivity index (χ2n) is 6.73. The van der Waals surface area contributed by atoms with Crippen LogP contribution in [0, 0.1) is 13.8 Å². The number of halogens is 1. The molecule has 2 aromatic carbocycles. The first-order chi connectivity index (χ1) is 13.1. The van der Waals surface area contributed by atoms with E-state index in [1.165, 1.54) is 16.8 Å². The van der Waals surface area contributed by atoms with Gasteiger partial charge in [0.15, 0.2) is 5.75 Å². The molecule has 0 amide bonds. The molecular weight excluding hydrogens is 356 g/mol. The number of pyridine rings is 1. The van der Waals surface area contributed by atoms with Gasteiger partial charge in [-0.2, -0.15) is 0 Å². The van der Waals surface area contributed by atoms with Crippen molar-refractivity contribution in [2.45, 2.75) is 27.0 Å². The lowest BCUT2D eigenvalue weighted by Crippen LogP contribution is -2.04. The monoisotopic (exact) mass is 376 g/mol. The topological polar surface area (TPSA) is 27.1 Å². The van der Waals surface area contributed by atoms with Crippen molar-refractivity contribution in [1.82, 2.24) is 9.55 Å². The third-order valence-electron chi connectivity index (χ3n) is 5.00. The minimum Gasteiger partial charge on any atom is -0.485 e. The molecular formula is C23H21ClN2O. The summed E-state index contributed by atoms with van der Waals surface area (Å²) in [4.78, 5) is 4.40. The summed E-state index contributed by atoms with van der Waals surface area (Å²) in [5, 5.41) is 1.86. The van der Waals surface area contributed by atoms with Gasteiger partial charge < -0.3 is 9.30 Å². The van der Waals surface area contributed by atoms with Crippen LogP contribution >= 0.6 is 11.6 Å². The molecule has 2 aromatic heterocycles. The van der Waals surface area contributed by atoms with Crippen LogP contribution in [0.25, 0.3) is 10.9 Å². The minimum atomic E-state index is 0.479. The van der Waals surface area contributed by atoms with Crippen molar-refractivity contribution in [1.29, 1.82) is 0 Å². The summed E-state index contributed by atoms with van der Waals surface area (Å²) in [6.07, 6.45) is 3.73. The SMILES string of the molecule is Cc1c(C)n(Cc2ccccc2)c2c(OCc3ccc(Cl)cc3)cncc12. The van der Waals surface area contributed by atoms with Crippen LogP contribution in [0.5, 0.6) is 5.75 Å². The van der Waals surface area contributed by atoms with E-state index in [2.05, 4.69) is 47.7 Å². The smallest absolute Gasteiger partial charge is 0.162 e. The Morgan fingerprint density at radius 2 is 1.67 bits per heavy atom. The third kappa shape index (κ3) is 3.56. The van der Waals surface area contributed by atoms with E-state index in [9.17, 15) is 0 Å². The molecule has 0 spiro atoms. The molecule has 0 fully saturated rings. The molecule has 0 atom stereocenters. The van der Waals surface area contributed by atoms with Crippen molar-refractivity contribution in [2.24, 2.45) is 0 Å². The summed E-state index contributed by atoms with van der Waals surface area (Å²) in [7, 11) is 0. The lowest BCUT2D eigenvalue weighted by molar-refractivity contribution is 0.307. The molecule has 0 aliphatic heterocycles. The second-order valence-corrected chi connectivity index (χ2v) is 7.17. The zero-order valence-corrected chi connectivity index (χ0v) is 16.2. The minimum absolute atomic E-state index is 0.479. The summed E-state index contributed by atoms with van der Waals surface area (Å²) >= 11 is 5.97. The van der Waals surface area contributed by atoms with E-state index in [1.54, 1.807) is 6.20 Å². The Balaban J connectivity index is 1.72. The van der Waals surface area contributed by atoms with Crippen LogP contribution in [-0.4, -0.2) is 9.55 Å². The van der Waals surface area contributed by atoms with Crippen molar-refractivity contribution in [3.8, 4) is 5.75 Å². The zero-order chi connectivity index (χ0) is 18.8. The first kappa shape index (κ1) is 17.6. The van der Waals surface area contributed by atoms with Crippen molar-refractivity contribution in [3.63, 3.8) is 0 Å². The van der Waals surface area contributed by atoms with Crippen LogP contribution in [0.2, 0.25) is 5.02 Å². The molecule has 136 valence electrons. The Kier molecular flexibility index (Phi) is 4.87. The van der Waals surface area contributed by atoms with Gasteiger partial charge in [-0.05, 0) is 42.7 Å². The van der Waals surface area contributed by atoms with Gasteiger partial charge in [0, 0.05) is 28.8 Å². The third-order valence-corrected chi connectivity index (χ3v) is 5.25. The molecule has 0 radical (unpaired) electrons. The molecule has 0 saturated carbocycles. The molecule has 0 aliphatic carbocycles. The van der Waals surface area contributed by atoms with Crippen LogP contribution in [0.3, 0.4) is 0 Å². The van der Waals surface area contributed by atoms with Gasteiger partial charge >= 0.3 is 0 Å². The second kappa shape index (κ2) is 7.45. The highest BCUT2D eigenvalue weighted by Crippen LogP contribution is 2.32. The van der Waals surface area contributed by atoms with E-state index in [1.807, 2.05) is 36.5 Å². The van der Waals surface area contributed by atoms with Crippen molar-refractivity contribution in [3.05, 3.63) is 94.4 Å². The van der Waals surface area contributed by atoms with E-state index >= 15 is 0 Å². The lowest BCUT2D eigenvalue weighted by Gasteiger charge is -2.13. The Morgan fingerprint density at radius 1 is 0.926 bits per heavy atom. The molecule has 2 heterocycles.